The van der Waals surface area contributed by atoms with Crippen LogP contribution in [0.25, 0.3) is 0 Å². The molecule has 1 heterocycles. The standard InChI is InChI=1S/C7H10N2O/c1-2-10-7-5-9-4-3-6(7)8/h3-5H,2H2,1H3,(H2,8,9)/i1D3,2D2,3D,4D,5D. The van der Waals surface area contributed by atoms with Crippen LogP contribution in [0.5, 0.6) is 5.75 Å². The number of pyridine rings is 1. The molecule has 0 saturated carbocycles. The van der Waals surface area contributed by atoms with Gasteiger partial charge in [0.2, 0.25) is 0 Å². The Labute approximate surface area is 71.1 Å². The Morgan fingerprint density at radius 3 is 3.80 bits per heavy atom. The maximum absolute atomic E-state index is 7.36. The first-order valence-electron chi connectivity index (χ1n) is 6.39. The number of nitrogens with two attached hydrogens (primary N) is 1. The van der Waals surface area contributed by atoms with E-state index in [0.717, 1.165) is 0 Å². The molecule has 1 rings (SSSR count). The predicted octanol–water partition coefficient (Wildman–Crippen LogP) is 1.06. The molecule has 0 aliphatic carbocycles. The van der Waals surface area contributed by atoms with Gasteiger partial charge in [-0.15, -0.1) is 0 Å². The van der Waals surface area contributed by atoms with E-state index in [-0.39, 0.29) is 0 Å². The Balaban J connectivity index is 3.25. The molecule has 0 unspecified atom stereocenters. The zero-order valence-electron chi connectivity index (χ0n) is 12.9. The zero-order chi connectivity index (χ0) is 14.3. The molecule has 0 aliphatic heterocycles. The van der Waals surface area contributed by atoms with Gasteiger partial charge < -0.3 is 10.5 Å². The minimum absolute atomic E-state index is 0.492. The highest BCUT2D eigenvalue weighted by molar-refractivity contribution is 5.49. The molecule has 0 aliphatic rings. The summed E-state index contributed by atoms with van der Waals surface area (Å²) >= 11 is 0. The van der Waals surface area contributed by atoms with Crippen molar-refractivity contribution >= 4 is 5.69 Å². The topological polar surface area (TPSA) is 48.1 Å². The Hall–Kier alpha value is -1.25. The minimum Gasteiger partial charge on any atom is -0.490 e. The highest BCUT2D eigenvalue weighted by atomic mass is 16.5. The van der Waals surface area contributed by atoms with Crippen LogP contribution in [-0.4, -0.2) is 11.5 Å². The Kier molecular flexibility index (Phi) is 0.572. The summed E-state index contributed by atoms with van der Waals surface area (Å²) in [5.41, 5.74) is 4.90. The van der Waals surface area contributed by atoms with Crippen molar-refractivity contribution in [3.63, 3.8) is 0 Å². The lowest BCUT2D eigenvalue weighted by molar-refractivity contribution is 0.340. The summed E-state index contributed by atoms with van der Waals surface area (Å²) in [5, 5.41) is 0. The van der Waals surface area contributed by atoms with Gasteiger partial charge in [-0.2, -0.15) is 0 Å². The van der Waals surface area contributed by atoms with Gasteiger partial charge in [-0.25, -0.2) is 0 Å². The lowest BCUT2D eigenvalue weighted by Crippen LogP contribution is -1.96. The first-order chi connectivity index (χ1) is 7.97. The van der Waals surface area contributed by atoms with Crippen molar-refractivity contribution in [1.82, 2.24) is 4.98 Å². The Morgan fingerprint density at radius 1 is 2.10 bits per heavy atom. The first-order valence-corrected chi connectivity index (χ1v) is 2.39. The molecule has 1 aromatic rings. The SMILES string of the molecule is [2H]c1nc([2H])c(OC([2H])([2H])C([2H])([2H])[2H])c(N)c1[2H]. The summed E-state index contributed by atoms with van der Waals surface area (Å²) in [6, 6.07) is -0.553. The normalized spacial score (nSPS) is 23.6. The van der Waals surface area contributed by atoms with Gasteiger partial charge in [0.25, 0.3) is 0 Å². The fourth-order valence-corrected chi connectivity index (χ4v) is 0.413. The van der Waals surface area contributed by atoms with Crippen LogP contribution in [0.3, 0.4) is 0 Å². The second-order valence-electron chi connectivity index (χ2n) is 1.41. The van der Waals surface area contributed by atoms with Gasteiger partial charge in [0.1, 0.15) is 0 Å². The maximum atomic E-state index is 7.36. The highest BCUT2D eigenvalue weighted by Crippen LogP contribution is 2.17. The first kappa shape index (κ1) is 1.87. The fraction of sp³-hybridized carbons (Fsp3) is 0.286. The number of ether oxygens (including phenoxy) is 1. The number of nitrogen functional groups attached to an aromatic ring is 1. The lowest BCUT2D eigenvalue weighted by atomic mass is 10.4. The number of aromatic nitrogens is 1. The monoisotopic (exact) mass is 146 g/mol. The van der Waals surface area contributed by atoms with E-state index in [9.17, 15) is 0 Å². The zero-order valence-corrected chi connectivity index (χ0v) is 4.93. The molecular weight excluding hydrogens is 128 g/mol. The Bertz CT molecular complexity index is 471. The van der Waals surface area contributed by atoms with Crippen molar-refractivity contribution in [1.29, 1.82) is 0 Å². The van der Waals surface area contributed by atoms with E-state index < -0.39 is 43.2 Å². The number of rotatable bonds is 2. The number of nitrogens with zero attached hydrogens (tertiary/aromatic N) is 1. The molecule has 0 fully saturated rings. The molecule has 0 radical (unpaired) electrons. The number of anilines is 1. The van der Waals surface area contributed by atoms with Crippen LogP contribution in [-0.2, 0) is 0 Å². The van der Waals surface area contributed by atoms with Gasteiger partial charge in [0, 0.05) is 10.3 Å². The van der Waals surface area contributed by atoms with Gasteiger partial charge in [-0.1, -0.05) is 0 Å². The van der Waals surface area contributed by atoms with E-state index in [4.69, 9.17) is 16.7 Å². The fourth-order valence-electron chi connectivity index (χ4n) is 0.413. The summed E-state index contributed by atoms with van der Waals surface area (Å²) in [6.07, 6.45) is -1.26. The van der Waals surface area contributed by atoms with Crippen LogP contribution >= 0.6 is 0 Å². The molecule has 10 heavy (non-hydrogen) atoms. The molecule has 3 nitrogen and oxygen atoms in total. The molecule has 3 heteroatoms. The molecule has 54 valence electrons. The molecule has 0 spiro atoms. The van der Waals surface area contributed by atoms with Gasteiger partial charge in [0.05, 0.1) is 25.3 Å². The number of hydrogen-bond donors (Lipinski definition) is 1. The molecular formula is C7H10N2O. The van der Waals surface area contributed by atoms with E-state index in [1.165, 1.54) is 0 Å². The van der Waals surface area contributed by atoms with Crippen LogP contribution in [0.4, 0.5) is 5.69 Å². The van der Waals surface area contributed by atoms with Crippen LogP contribution in [0.1, 0.15) is 17.8 Å². The summed E-state index contributed by atoms with van der Waals surface area (Å²) in [5.74, 6) is -0.655. The number of hydrogen-bond acceptors (Lipinski definition) is 3. The highest BCUT2D eigenvalue weighted by Gasteiger charge is 1.95. The van der Waals surface area contributed by atoms with Crippen LogP contribution < -0.4 is 10.5 Å². The van der Waals surface area contributed by atoms with E-state index in [0.29, 0.717) is 0 Å². The summed E-state index contributed by atoms with van der Waals surface area (Å²) in [7, 11) is 0. The van der Waals surface area contributed by atoms with Crippen molar-refractivity contribution < 1.29 is 15.7 Å². The van der Waals surface area contributed by atoms with E-state index >= 15 is 0 Å². The van der Waals surface area contributed by atoms with E-state index in [1.54, 1.807) is 0 Å². The maximum Gasteiger partial charge on any atom is 0.160 e. The summed E-state index contributed by atoms with van der Waals surface area (Å²) < 4.78 is 61.8. The van der Waals surface area contributed by atoms with Gasteiger partial charge in [-0.3, -0.25) is 4.98 Å². The molecule has 0 atom stereocenters. The van der Waals surface area contributed by atoms with E-state index in [1.807, 2.05) is 0 Å². The summed E-state index contributed by atoms with van der Waals surface area (Å²) in [4.78, 5) is 3.29. The third-order valence-electron chi connectivity index (χ3n) is 0.802. The van der Waals surface area contributed by atoms with Gasteiger partial charge in [0.15, 0.2) is 5.75 Å². The summed E-state index contributed by atoms with van der Waals surface area (Å²) in [6.45, 7) is -6.16. The second-order valence-corrected chi connectivity index (χ2v) is 1.41. The third kappa shape index (κ3) is 1.37. The lowest BCUT2D eigenvalue weighted by Gasteiger charge is -2.03. The second kappa shape index (κ2) is 3.06. The van der Waals surface area contributed by atoms with Crippen LogP contribution in [0.15, 0.2) is 18.4 Å². The smallest absolute Gasteiger partial charge is 0.160 e. The van der Waals surface area contributed by atoms with Crippen molar-refractivity contribution in [2.24, 2.45) is 0 Å². The quantitative estimate of drug-likeness (QED) is 0.678. The molecule has 1 aromatic heterocycles. The largest absolute Gasteiger partial charge is 0.490 e. The predicted molar refractivity (Wildman–Crippen MR) is 39.8 cm³/mol. The van der Waals surface area contributed by atoms with Crippen molar-refractivity contribution in [3.8, 4) is 5.75 Å². The average Bonchev–Trinajstić information content (AvgIpc) is 2.20. The van der Waals surface area contributed by atoms with Gasteiger partial charge in [-0.05, 0) is 12.9 Å². The van der Waals surface area contributed by atoms with Crippen molar-refractivity contribution in [2.75, 3.05) is 12.3 Å². The minimum atomic E-state index is -3.09. The molecule has 0 amide bonds. The molecule has 0 bridgehead atoms. The Morgan fingerprint density at radius 2 is 3.00 bits per heavy atom. The average molecular weight is 146 g/mol. The van der Waals surface area contributed by atoms with Gasteiger partial charge >= 0.3 is 0 Å². The van der Waals surface area contributed by atoms with Crippen LogP contribution in [0.2, 0.25) is 0 Å². The van der Waals surface area contributed by atoms with Crippen molar-refractivity contribution in [2.45, 2.75) is 6.85 Å². The van der Waals surface area contributed by atoms with E-state index in [2.05, 4.69) is 9.72 Å². The third-order valence-corrected chi connectivity index (χ3v) is 0.802. The van der Waals surface area contributed by atoms with Crippen LogP contribution in [0, 0.1) is 0 Å². The molecule has 2 N–H and O–H groups in total. The molecule has 0 saturated heterocycles. The molecule has 0 aromatic carbocycles. The van der Waals surface area contributed by atoms with Crippen molar-refractivity contribution in [3.05, 3.63) is 18.4 Å².